The molecule has 0 bridgehead atoms. The van der Waals surface area contributed by atoms with E-state index in [4.69, 9.17) is 0 Å². The van der Waals surface area contributed by atoms with Gasteiger partial charge in [-0.25, -0.2) is 4.98 Å². The van der Waals surface area contributed by atoms with Gasteiger partial charge in [-0.2, -0.15) is 13.2 Å². The van der Waals surface area contributed by atoms with Crippen molar-refractivity contribution in [1.29, 1.82) is 0 Å². The molecule has 1 aromatic heterocycles. The van der Waals surface area contributed by atoms with Gasteiger partial charge in [0.1, 0.15) is 0 Å². The summed E-state index contributed by atoms with van der Waals surface area (Å²) in [4.78, 5) is 20.7. The highest BCUT2D eigenvalue weighted by Gasteiger charge is 2.28. The predicted octanol–water partition coefficient (Wildman–Crippen LogP) is 2.96. The number of carbonyl (C=O) groups excluding carboxylic acids is 1. The summed E-state index contributed by atoms with van der Waals surface area (Å²) in [6.45, 7) is 4.76. The maximum absolute atomic E-state index is 12.3. The van der Waals surface area contributed by atoms with E-state index in [1.165, 1.54) is 24.0 Å². The SMILES string of the molecule is CC(CNC(=O)c1ccc(OCC(F)(F)F)nc1)N1CCN(c2ccccc2)CC1. The smallest absolute Gasteiger partial charge is 0.422 e. The maximum atomic E-state index is 12.3. The van der Waals surface area contributed by atoms with Crippen LogP contribution in [0.1, 0.15) is 17.3 Å². The van der Waals surface area contributed by atoms with Gasteiger partial charge in [0, 0.05) is 56.7 Å². The fourth-order valence-electron chi connectivity index (χ4n) is 3.29. The molecule has 1 aliphatic heterocycles. The molecule has 1 amide bonds. The molecule has 0 saturated carbocycles. The number of anilines is 1. The third-order valence-corrected chi connectivity index (χ3v) is 5.00. The third kappa shape index (κ3) is 6.35. The van der Waals surface area contributed by atoms with Crippen molar-refractivity contribution in [2.24, 2.45) is 0 Å². The zero-order valence-electron chi connectivity index (χ0n) is 16.7. The maximum Gasteiger partial charge on any atom is 0.422 e. The zero-order chi connectivity index (χ0) is 21.6. The highest BCUT2D eigenvalue weighted by atomic mass is 19.4. The Morgan fingerprint density at radius 2 is 1.83 bits per heavy atom. The molecule has 1 unspecified atom stereocenters. The number of pyridine rings is 1. The van der Waals surface area contributed by atoms with Crippen molar-refractivity contribution in [1.82, 2.24) is 15.2 Å². The lowest BCUT2D eigenvalue weighted by molar-refractivity contribution is -0.154. The van der Waals surface area contributed by atoms with Crippen LogP contribution in [0, 0.1) is 0 Å². The molecule has 2 aromatic rings. The first-order chi connectivity index (χ1) is 14.3. The first-order valence-electron chi connectivity index (χ1n) is 9.80. The Balaban J connectivity index is 1.42. The Morgan fingerprint density at radius 1 is 1.13 bits per heavy atom. The third-order valence-electron chi connectivity index (χ3n) is 5.00. The van der Waals surface area contributed by atoms with Crippen molar-refractivity contribution in [2.75, 3.05) is 44.2 Å². The number of piperazine rings is 1. The van der Waals surface area contributed by atoms with Crippen LogP contribution in [0.3, 0.4) is 0 Å². The van der Waals surface area contributed by atoms with E-state index < -0.39 is 12.8 Å². The summed E-state index contributed by atoms with van der Waals surface area (Å²) in [5.74, 6) is -0.492. The number of amides is 1. The van der Waals surface area contributed by atoms with Gasteiger partial charge in [-0.1, -0.05) is 18.2 Å². The van der Waals surface area contributed by atoms with Crippen molar-refractivity contribution < 1.29 is 22.7 Å². The Bertz CT molecular complexity index is 807. The van der Waals surface area contributed by atoms with Gasteiger partial charge in [0.15, 0.2) is 6.61 Å². The second-order valence-corrected chi connectivity index (χ2v) is 7.21. The summed E-state index contributed by atoms with van der Waals surface area (Å²) in [6, 6.07) is 13.1. The summed E-state index contributed by atoms with van der Waals surface area (Å²) in [7, 11) is 0. The van der Waals surface area contributed by atoms with Gasteiger partial charge in [-0.15, -0.1) is 0 Å². The molecule has 1 N–H and O–H groups in total. The Kier molecular flexibility index (Phi) is 7.15. The standard InChI is InChI=1S/C21H25F3N4O2/c1-16(27-9-11-28(12-10-27)18-5-3-2-4-6-18)13-26-20(29)17-7-8-19(25-14-17)30-15-21(22,23)24/h2-8,14,16H,9-13,15H2,1H3,(H,26,29). The molecule has 6 nitrogen and oxygen atoms in total. The van der Waals surface area contributed by atoms with E-state index in [-0.39, 0.29) is 23.4 Å². The van der Waals surface area contributed by atoms with Crippen LogP contribution in [0.15, 0.2) is 48.7 Å². The van der Waals surface area contributed by atoms with E-state index in [0.717, 1.165) is 26.2 Å². The second kappa shape index (κ2) is 9.80. The van der Waals surface area contributed by atoms with Gasteiger partial charge in [0.2, 0.25) is 5.88 Å². The minimum atomic E-state index is -4.43. The fraction of sp³-hybridized carbons (Fsp3) is 0.429. The van der Waals surface area contributed by atoms with Crippen molar-refractivity contribution in [2.45, 2.75) is 19.1 Å². The molecule has 1 aromatic carbocycles. The van der Waals surface area contributed by atoms with Crippen molar-refractivity contribution in [3.05, 3.63) is 54.2 Å². The van der Waals surface area contributed by atoms with E-state index in [0.29, 0.717) is 6.54 Å². The summed E-state index contributed by atoms with van der Waals surface area (Å²) < 4.78 is 41.0. The largest absolute Gasteiger partial charge is 0.468 e. The number of rotatable bonds is 7. The van der Waals surface area contributed by atoms with E-state index in [2.05, 4.69) is 43.9 Å². The number of alkyl halides is 3. The summed E-state index contributed by atoms with van der Waals surface area (Å²) in [5, 5.41) is 2.86. The Hall–Kier alpha value is -2.81. The zero-order valence-corrected chi connectivity index (χ0v) is 16.7. The van der Waals surface area contributed by atoms with Crippen LogP contribution >= 0.6 is 0 Å². The lowest BCUT2D eigenvalue weighted by Crippen LogP contribution is -2.52. The average molecular weight is 422 g/mol. The molecule has 1 saturated heterocycles. The van der Waals surface area contributed by atoms with Gasteiger partial charge in [-0.05, 0) is 25.1 Å². The molecule has 3 rings (SSSR count). The number of para-hydroxylation sites is 1. The van der Waals surface area contributed by atoms with E-state index in [1.54, 1.807) is 0 Å². The van der Waals surface area contributed by atoms with Gasteiger partial charge in [0.05, 0.1) is 5.56 Å². The molecule has 9 heteroatoms. The summed E-state index contributed by atoms with van der Waals surface area (Å²) in [6.07, 6.45) is -3.22. The minimum absolute atomic E-state index is 0.161. The minimum Gasteiger partial charge on any atom is -0.468 e. The van der Waals surface area contributed by atoms with Crippen LogP contribution < -0.4 is 15.0 Å². The number of nitrogens with zero attached hydrogens (tertiary/aromatic N) is 3. The number of hydrogen-bond acceptors (Lipinski definition) is 5. The molecular weight excluding hydrogens is 397 g/mol. The lowest BCUT2D eigenvalue weighted by atomic mass is 10.2. The van der Waals surface area contributed by atoms with E-state index in [1.807, 2.05) is 18.2 Å². The van der Waals surface area contributed by atoms with Crippen molar-refractivity contribution in [3.8, 4) is 5.88 Å². The molecule has 1 atom stereocenters. The number of halogens is 3. The Labute approximate surface area is 173 Å². The average Bonchev–Trinajstić information content (AvgIpc) is 2.76. The van der Waals surface area contributed by atoms with Gasteiger partial charge >= 0.3 is 6.18 Å². The van der Waals surface area contributed by atoms with Crippen LogP contribution in [-0.4, -0.2) is 67.3 Å². The first kappa shape index (κ1) is 21.9. The van der Waals surface area contributed by atoms with Crippen molar-refractivity contribution in [3.63, 3.8) is 0 Å². The van der Waals surface area contributed by atoms with Crippen LogP contribution in [0.4, 0.5) is 18.9 Å². The molecule has 1 fully saturated rings. The van der Waals surface area contributed by atoms with E-state index >= 15 is 0 Å². The molecule has 2 heterocycles. The summed E-state index contributed by atoms with van der Waals surface area (Å²) in [5.41, 5.74) is 1.49. The van der Waals surface area contributed by atoms with Gasteiger partial charge in [-0.3, -0.25) is 9.69 Å². The fourth-order valence-corrected chi connectivity index (χ4v) is 3.29. The predicted molar refractivity (Wildman–Crippen MR) is 108 cm³/mol. The van der Waals surface area contributed by atoms with Crippen LogP contribution in [0.5, 0.6) is 5.88 Å². The number of hydrogen-bond donors (Lipinski definition) is 1. The number of aromatic nitrogens is 1. The topological polar surface area (TPSA) is 57.7 Å². The molecule has 1 aliphatic rings. The first-order valence-corrected chi connectivity index (χ1v) is 9.80. The normalized spacial score (nSPS) is 16.2. The second-order valence-electron chi connectivity index (χ2n) is 7.21. The summed E-state index contributed by atoms with van der Waals surface area (Å²) >= 11 is 0. The van der Waals surface area contributed by atoms with Crippen LogP contribution in [-0.2, 0) is 0 Å². The van der Waals surface area contributed by atoms with Gasteiger partial charge < -0.3 is 15.0 Å². The van der Waals surface area contributed by atoms with Crippen molar-refractivity contribution >= 4 is 11.6 Å². The van der Waals surface area contributed by atoms with E-state index in [9.17, 15) is 18.0 Å². The number of nitrogens with one attached hydrogen (secondary N) is 1. The molecule has 0 radical (unpaired) electrons. The number of ether oxygens (including phenoxy) is 1. The molecule has 0 spiro atoms. The molecule has 0 aliphatic carbocycles. The highest BCUT2D eigenvalue weighted by Crippen LogP contribution is 2.18. The monoisotopic (exact) mass is 422 g/mol. The van der Waals surface area contributed by atoms with Crippen LogP contribution in [0.25, 0.3) is 0 Å². The lowest BCUT2D eigenvalue weighted by Gasteiger charge is -2.39. The molecular formula is C21H25F3N4O2. The number of benzene rings is 1. The van der Waals surface area contributed by atoms with Crippen LogP contribution in [0.2, 0.25) is 0 Å². The molecule has 30 heavy (non-hydrogen) atoms. The number of carbonyl (C=O) groups is 1. The molecule has 162 valence electrons. The van der Waals surface area contributed by atoms with Gasteiger partial charge in [0.25, 0.3) is 5.91 Å². The Morgan fingerprint density at radius 3 is 2.43 bits per heavy atom. The quantitative estimate of drug-likeness (QED) is 0.744. The highest BCUT2D eigenvalue weighted by molar-refractivity contribution is 5.93.